The van der Waals surface area contributed by atoms with Crippen molar-refractivity contribution in [1.82, 2.24) is 9.97 Å². The largest absolute Gasteiger partial charge is 0.481 e. The Balaban J connectivity index is 2.36. The van der Waals surface area contributed by atoms with Crippen molar-refractivity contribution in [3.8, 4) is 5.88 Å². The quantitative estimate of drug-likeness (QED) is 0.873. The van der Waals surface area contributed by atoms with Crippen LogP contribution >= 0.6 is 0 Å². The van der Waals surface area contributed by atoms with Gasteiger partial charge in [-0.2, -0.15) is 4.98 Å². The van der Waals surface area contributed by atoms with Crippen molar-refractivity contribution in [2.24, 2.45) is 0 Å². The highest BCUT2D eigenvalue weighted by atomic mass is 16.5. The lowest BCUT2D eigenvalue weighted by Gasteiger charge is -2.41. The summed E-state index contributed by atoms with van der Waals surface area (Å²) in [5.74, 6) is 0.0193. The number of anilines is 1. The van der Waals surface area contributed by atoms with Gasteiger partial charge in [0.2, 0.25) is 11.8 Å². The molecule has 0 aliphatic carbocycles. The first kappa shape index (κ1) is 12.6. The summed E-state index contributed by atoms with van der Waals surface area (Å²) in [5, 5.41) is 9.43. The Bertz CT molecular complexity index is 452. The van der Waals surface area contributed by atoms with E-state index in [0.29, 0.717) is 24.8 Å². The molecular formula is C12H17N3O3. The van der Waals surface area contributed by atoms with Gasteiger partial charge < -0.3 is 14.7 Å². The lowest BCUT2D eigenvalue weighted by molar-refractivity contribution is -0.143. The maximum absolute atomic E-state index is 11.5. The molecular weight excluding hydrogens is 234 g/mol. The normalized spacial score (nSPS) is 23.8. The van der Waals surface area contributed by atoms with Crippen LogP contribution in [0.25, 0.3) is 0 Å². The second kappa shape index (κ2) is 4.80. The van der Waals surface area contributed by atoms with Crippen LogP contribution in [-0.4, -0.2) is 40.2 Å². The molecule has 0 spiro atoms. The van der Waals surface area contributed by atoms with Crippen molar-refractivity contribution < 1.29 is 14.6 Å². The van der Waals surface area contributed by atoms with Gasteiger partial charge in [0.15, 0.2) is 0 Å². The number of carbonyl (C=O) groups is 1. The minimum Gasteiger partial charge on any atom is -0.481 e. The van der Waals surface area contributed by atoms with Crippen LogP contribution in [0.1, 0.15) is 26.2 Å². The summed E-state index contributed by atoms with van der Waals surface area (Å²) in [6.45, 7) is 2.37. The first-order valence-electron chi connectivity index (χ1n) is 5.96. The van der Waals surface area contributed by atoms with Gasteiger partial charge in [0.05, 0.1) is 7.11 Å². The van der Waals surface area contributed by atoms with Crippen molar-refractivity contribution in [2.45, 2.75) is 31.7 Å². The zero-order valence-corrected chi connectivity index (χ0v) is 10.6. The molecule has 1 aliphatic rings. The van der Waals surface area contributed by atoms with E-state index in [9.17, 15) is 9.90 Å². The third-order valence-electron chi connectivity index (χ3n) is 3.42. The summed E-state index contributed by atoms with van der Waals surface area (Å²) in [7, 11) is 1.53. The Kier molecular flexibility index (Phi) is 3.36. The molecule has 0 saturated carbocycles. The number of rotatable bonds is 3. The maximum atomic E-state index is 11.5. The van der Waals surface area contributed by atoms with E-state index in [0.717, 1.165) is 12.8 Å². The van der Waals surface area contributed by atoms with Crippen LogP contribution in [0.2, 0.25) is 0 Å². The molecule has 2 rings (SSSR count). The third kappa shape index (κ3) is 2.10. The molecule has 1 fully saturated rings. The molecule has 2 heterocycles. The number of aromatic nitrogens is 2. The van der Waals surface area contributed by atoms with Gasteiger partial charge in [0.25, 0.3) is 0 Å². The monoisotopic (exact) mass is 251 g/mol. The SMILES string of the molecule is COc1ccnc(N2CCCCC2(C)C(=O)O)n1. The lowest BCUT2D eigenvalue weighted by Crippen LogP contribution is -2.56. The van der Waals surface area contributed by atoms with Crippen LogP contribution in [0.5, 0.6) is 5.88 Å². The second-order valence-corrected chi connectivity index (χ2v) is 4.59. The van der Waals surface area contributed by atoms with Crippen LogP contribution in [0.4, 0.5) is 5.95 Å². The zero-order valence-electron chi connectivity index (χ0n) is 10.6. The number of ether oxygens (including phenoxy) is 1. The van der Waals surface area contributed by atoms with E-state index in [2.05, 4.69) is 9.97 Å². The topological polar surface area (TPSA) is 75.5 Å². The summed E-state index contributed by atoms with van der Waals surface area (Å²) in [6.07, 6.45) is 4.04. The van der Waals surface area contributed by atoms with E-state index in [1.165, 1.54) is 7.11 Å². The number of hydrogen-bond acceptors (Lipinski definition) is 5. The third-order valence-corrected chi connectivity index (χ3v) is 3.42. The van der Waals surface area contributed by atoms with Gasteiger partial charge in [-0.3, -0.25) is 0 Å². The standard InChI is InChI=1S/C12H17N3O3/c1-12(10(16)17)6-3-4-8-15(12)11-13-7-5-9(14-11)18-2/h5,7H,3-4,6,8H2,1-2H3,(H,16,17). The molecule has 0 amide bonds. The van der Waals surface area contributed by atoms with E-state index in [1.807, 2.05) is 0 Å². The van der Waals surface area contributed by atoms with Crippen molar-refractivity contribution in [2.75, 3.05) is 18.6 Å². The molecule has 1 N–H and O–H groups in total. The number of nitrogens with zero attached hydrogens (tertiary/aromatic N) is 3. The molecule has 18 heavy (non-hydrogen) atoms. The van der Waals surface area contributed by atoms with Crippen LogP contribution in [0.15, 0.2) is 12.3 Å². The molecule has 0 bridgehead atoms. The van der Waals surface area contributed by atoms with Crippen molar-refractivity contribution in [3.05, 3.63) is 12.3 Å². The Morgan fingerprint density at radius 2 is 2.33 bits per heavy atom. The fourth-order valence-electron chi connectivity index (χ4n) is 2.24. The van der Waals surface area contributed by atoms with E-state index < -0.39 is 11.5 Å². The lowest BCUT2D eigenvalue weighted by atomic mass is 9.89. The highest BCUT2D eigenvalue weighted by Gasteiger charge is 2.42. The Hall–Kier alpha value is -1.85. The van der Waals surface area contributed by atoms with Crippen molar-refractivity contribution in [3.63, 3.8) is 0 Å². The Labute approximate surface area is 106 Å². The fourth-order valence-corrected chi connectivity index (χ4v) is 2.24. The van der Waals surface area contributed by atoms with Crippen LogP contribution in [0.3, 0.4) is 0 Å². The van der Waals surface area contributed by atoms with Crippen LogP contribution < -0.4 is 9.64 Å². The molecule has 1 atom stereocenters. The first-order valence-corrected chi connectivity index (χ1v) is 5.96. The summed E-state index contributed by atoms with van der Waals surface area (Å²) in [6, 6.07) is 1.64. The van der Waals surface area contributed by atoms with Gasteiger partial charge in [-0.15, -0.1) is 0 Å². The highest BCUT2D eigenvalue weighted by Crippen LogP contribution is 2.31. The van der Waals surface area contributed by atoms with Crippen LogP contribution in [-0.2, 0) is 4.79 Å². The van der Waals surface area contributed by atoms with E-state index in [-0.39, 0.29) is 0 Å². The first-order chi connectivity index (χ1) is 8.58. The van der Waals surface area contributed by atoms with Gasteiger partial charge in [-0.25, -0.2) is 9.78 Å². The maximum Gasteiger partial charge on any atom is 0.329 e. The van der Waals surface area contributed by atoms with Gasteiger partial charge in [0.1, 0.15) is 5.54 Å². The number of methoxy groups -OCH3 is 1. The molecule has 0 aromatic carbocycles. The summed E-state index contributed by atoms with van der Waals surface area (Å²) in [4.78, 5) is 21.6. The summed E-state index contributed by atoms with van der Waals surface area (Å²) >= 11 is 0. The van der Waals surface area contributed by atoms with Gasteiger partial charge in [0, 0.05) is 18.8 Å². The zero-order chi connectivity index (χ0) is 13.2. The average Bonchev–Trinajstić information content (AvgIpc) is 2.39. The molecule has 1 unspecified atom stereocenters. The molecule has 6 heteroatoms. The molecule has 0 radical (unpaired) electrons. The minimum atomic E-state index is -0.940. The molecule has 1 saturated heterocycles. The van der Waals surface area contributed by atoms with Crippen molar-refractivity contribution >= 4 is 11.9 Å². The minimum absolute atomic E-state index is 0.416. The molecule has 1 aromatic heterocycles. The predicted molar refractivity (Wildman–Crippen MR) is 65.8 cm³/mol. The second-order valence-electron chi connectivity index (χ2n) is 4.59. The van der Waals surface area contributed by atoms with Gasteiger partial charge >= 0.3 is 5.97 Å². The number of aliphatic carboxylic acids is 1. The molecule has 1 aliphatic heterocycles. The van der Waals surface area contributed by atoms with E-state index >= 15 is 0 Å². The number of hydrogen-bond donors (Lipinski definition) is 1. The molecule has 98 valence electrons. The van der Waals surface area contributed by atoms with Gasteiger partial charge in [-0.05, 0) is 26.2 Å². The number of carboxylic acid groups (broad SMARTS) is 1. The number of piperidine rings is 1. The smallest absolute Gasteiger partial charge is 0.329 e. The highest BCUT2D eigenvalue weighted by molar-refractivity contribution is 5.82. The summed E-state index contributed by atoms with van der Waals surface area (Å²) in [5.41, 5.74) is -0.940. The summed E-state index contributed by atoms with van der Waals surface area (Å²) < 4.78 is 5.05. The van der Waals surface area contributed by atoms with E-state index in [1.54, 1.807) is 24.1 Å². The molecule has 6 nitrogen and oxygen atoms in total. The van der Waals surface area contributed by atoms with E-state index in [4.69, 9.17) is 4.74 Å². The van der Waals surface area contributed by atoms with Crippen molar-refractivity contribution in [1.29, 1.82) is 0 Å². The Morgan fingerprint density at radius 3 is 3.00 bits per heavy atom. The Morgan fingerprint density at radius 1 is 1.56 bits per heavy atom. The number of carboxylic acids is 1. The van der Waals surface area contributed by atoms with Gasteiger partial charge in [-0.1, -0.05) is 0 Å². The predicted octanol–water partition coefficient (Wildman–Crippen LogP) is 1.32. The van der Waals surface area contributed by atoms with Crippen LogP contribution in [0, 0.1) is 0 Å². The average molecular weight is 251 g/mol. The molecule has 1 aromatic rings. The fraction of sp³-hybridized carbons (Fsp3) is 0.583.